The molecule has 1 rings (SSSR count). The fraction of sp³-hybridized carbons (Fsp3) is 0.650. The number of esters is 1. The van der Waals surface area contributed by atoms with Crippen molar-refractivity contribution in [1.29, 1.82) is 0 Å². The van der Waals surface area contributed by atoms with Gasteiger partial charge in [0.25, 0.3) is 0 Å². The molecule has 0 aromatic heterocycles. The zero-order chi connectivity index (χ0) is 19.0. The maximum atomic E-state index is 11.7. The monoisotopic (exact) mass is 350 g/mol. The van der Waals surface area contributed by atoms with Crippen molar-refractivity contribution in [3.63, 3.8) is 0 Å². The first-order chi connectivity index (χ1) is 11.8. The minimum absolute atomic E-state index is 0.0579. The zero-order valence-corrected chi connectivity index (χ0v) is 16.5. The van der Waals surface area contributed by atoms with Gasteiger partial charge in [0.1, 0.15) is 0 Å². The van der Waals surface area contributed by atoms with Crippen LogP contribution in [0.25, 0.3) is 0 Å². The molecule has 5 nitrogen and oxygen atoms in total. The lowest BCUT2D eigenvalue weighted by Gasteiger charge is -2.30. The van der Waals surface area contributed by atoms with Crippen molar-refractivity contribution in [3.8, 4) is 0 Å². The van der Waals surface area contributed by atoms with Crippen LogP contribution < -0.4 is 10.6 Å². The molecule has 0 heterocycles. The second-order valence-electron chi connectivity index (χ2n) is 7.44. The molecule has 0 aliphatic rings. The second-order valence-corrected chi connectivity index (χ2v) is 7.44. The number of hydrogen-bond acceptors (Lipinski definition) is 5. The maximum absolute atomic E-state index is 11.7. The lowest BCUT2D eigenvalue weighted by molar-refractivity contribution is -0.141. The summed E-state index contributed by atoms with van der Waals surface area (Å²) < 4.78 is 10.1. The Kier molecular flexibility index (Phi) is 8.76. The molecule has 1 aromatic carbocycles. The van der Waals surface area contributed by atoms with E-state index in [0.717, 1.165) is 30.0 Å². The highest BCUT2D eigenvalue weighted by atomic mass is 16.5. The smallest absolute Gasteiger partial charge is 0.306 e. The Labute approximate surface area is 152 Å². The predicted molar refractivity (Wildman–Crippen MR) is 104 cm³/mol. The zero-order valence-electron chi connectivity index (χ0n) is 16.5. The molecule has 0 aliphatic carbocycles. The van der Waals surface area contributed by atoms with Crippen LogP contribution in [0.4, 0.5) is 11.4 Å². The summed E-state index contributed by atoms with van der Waals surface area (Å²) in [6.45, 7) is 11.2. The van der Waals surface area contributed by atoms with Gasteiger partial charge in [-0.1, -0.05) is 33.8 Å². The third kappa shape index (κ3) is 6.94. The Morgan fingerprint density at radius 3 is 2.16 bits per heavy atom. The number of rotatable bonds is 10. The fourth-order valence-corrected chi connectivity index (χ4v) is 3.03. The number of anilines is 2. The van der Waals surface area contributed by atoms with Crippen LogP contribution in [0.2, 0.25) is 0 Å². The molecule has 1 atom stereocenters. The molecule has 5 heteroatoms. The number of carbonyl (C=O) groups is 1. The molecular weight excluding hydrogens is 316 g/mol. The Morgan fingerprint density at radius 2 is 1.72 bits per heavy atom. The molecule has 0 saturated heterocycles. The van der Waals surface area contributed by atoms with Gasteiger partial charge in [0, 0.05) is 26.1 Å². The van der Waals surface area contributed by atoms with Gasteiger partial charge in [-0.3, -0.25) is 4.79 Å². The summed E-state index contributed by atoms with van der Waals surface area (Å²) in [4.78, 5) is 14.0. The highest BCUT2D eigenvalue weighted by Crippen LogP contribution is 2.30. The van der Waals surface area contributed by atoms with Gasteiger partial charge in [0.15, 0.2) is 0 Å². The molecule has 0 amide bonds. The Bertz CT molecular complexity index is 534. The molecule has 1 unspecified atom stereocenters. The van der Waals surface area contributed by atoms with Crippen molar-refractivity contribution < 1.29 is 14.3 Å². The van der Waals surface area contributed by atoms with Gasteiger partial charge in [0.05, 0.1) is 31.5 Å². The number of methoxy groups -OCH3 is 2. The Morgan fingerprint density at radius 1 is 1.12 bits per heavy atom. The minimum atomic E-state index is -0.244. The largest absolute Gasteiger partial charge is 0.469 e. The molecule has 0 bridgehead atoms. The lowest BCUT2D eigenvalue weighted by atomic mass is 9.95. The van der Waals surface area contributed by atoms with Gasteiger partial charge < -0.3 is 20.1 Å². The van der Waals surface area contributed by atoms with Crippen molar-refractivity contribution in [3.05, 3.63) is 23.8 Å². The van der Waals surface area contributed by atoms with E-state index in [-0.39, 0.29) is 18.3 Å². The summed E-state index contributed by atoms with van der Waals surface area (Å²) in [5, 5.41) is 0. The summed E-state index contributed by atoms with van der Waals surface area (Å²) in [6.07, 6.45) is 0.283. The summed E-state index contributed by atoms with van der Waals surface area (Å²) in [6, 6.07) is 6.08. The average molecular weight is 351 g/mol. The van der Waals surface area contributed by atoms with Crippen LogP contribution in [-0.4, -0.2) is 39.9 Å². The van der Waals surface area contributed by atoms with Crippen LogP contribution in [0.5, 0.6) is 0 Å². The fourth-order valence-electron chi connectivity index (χ4n) is 3.03. The van der Waals surface area contributed by atoms with E-state index in [1.807, 2.05) is 12.1 Å². The molecule has 0 radical (unpaired) electrons. The summed E-state index contributed by atoms with van der Waals surface area (Å²) >= 11 is 0. The van der Waals surface area contributed by atoms with Gasteiger partial charge in [-0.15, -0.1) is 0 Å². The van der Waals surface area contributed by atoms with Crippen molar-refractivity contribution in [1.82, 2.24) is 0 Å². The molecule has 142 valence electrons. The number of benzene rings is 1. The van der Waals surface area contributed by atoms with Gasteiger partial charge in [-0.05, 0) is 29.5 Å². The molecule has 0 fully saturated rings. The van der Waals surface area contributed by atoms with Crippen LogP contribution in [-0.2, 0) is 14.3 Å². The summed E-state index contributed by atoms with van der Waals surface area (Å²) in [5.41, 5.74) is 9.17. The van der Waals surface area contributed by atoms with Gasteiger partial charge in [0.2, 0.25) is 0 Å². The van der Waals surface area contributed by atoms with E-state index in [0.29, 0.717) is 18.4 Å². The van der Waals surface area contributed by atoms with Crippen molar-refractivity contribution in [2.24, 2.45) is 11.8 Å². The first-order valence-electron chi connectivity index (χ1n) is 8.98. The normalized spacial score (nSPS) is 12.5. The quantitative estimate of drug-likeness (QED) is 0.515. The van der Waals surface area contributed by atoms with Crippen LogP contribution in [0.15, 0.2) is 18.2 Å². The van der Waals surface area contributed by atoms with Gasteiger partial charge in [-0.2, -0.15) is 0 Å². The Balaban J connectivity index is 3.07. The van der Waals surface area contributed by atoms with E-state index in [1.165, 1.54) is 7.11 Å². The van der Waals surface area contributed by atoms with Crippen LogP contribution >= 0.6 is 0 Å². The summed E-state index contributed by atoms with van der Waals surface area (Å²) in [5.74, 6) is 0.806. The average Bonchev–Trinajstić information content (AvgIpc) is 2.52. The first-order valence-corrected chi connectivity index (χ1v) is 8.98. The molecule has 0 aliphatic heterocycles. The predicted octanol–water partition coefficient (Wildman–Crippen LogP) is 3.68. The van der Waals surface area contributed by atoms with E-state index in [2.05, 4.69) is 38.7 Å². The van der Waals surface area contributed by atoms with Crippen LogP contribution in [0.3, 0.4) is 0 Å². The molecule has 25 heavy (non-hydrogen) atoms. The van der Waals surface area contributed by atoms with E-state index >= 15 is 0 Å². The summed E-state index contributed by atoms with van der Waals surface area (Å²) in [7, 11) is 3.04. The standard InChI is InChI=1S/C20H34N2O3/c1-14(2)11-22(12-15(3)4)19-8-7-16(9-18(19)21)17(13-24-5)10-20(23)25-6/h7-9,14-15,17H,10-13,21H2,1-6H3. The Hall–Kier alpha value is -1.75. The molecule has 0 spiro atoms. The third-order valence-electron chi connectivity index (χ3n) is 4.04. The highest BCUT2D eigenvalue weighted by Gasteiger charge is 2.19. The van der Waals surface area contributed by atoms with E-state index in [9.17, 15) is 4.79 Å². The number of nitrogens with zero attached hydrogens (tertiary/aromatic N) is 1. The molecule has 2 N–H and O–H groups in total. The second kappa shape index (κ2) is 10.3. The maximum Gasteiger partial charge on any atom is 0.306 e. The van der Waals surface area contributed by atoms with E-state index in [4.69, 9.17) is 15.2 Å². The number of ether oxygens (including phenoxy) is 2. The third-order valence-corrected chi connectivity index (χ3v) is 4.04. The van der Waals surface area contributed by atoms with Crippen molar-refractivity contribution in [2.75, 3.05) is 44.5 Å². The van der Waals surface area contributed by atoms with Crippen molar-refractivity contribution in [2.45, 2.75) is 40.0 Å². The molecule has 1 aromatic rings. The molecule has 0 saturated carbocycles. The number of nitrogen functional groups attached to an aromatic ring is 1. The topological polar surface area (TPSA) is 64.8 Å². The van der Waals surface area contributed by atoms with Crippen LogP contribution in [0, 0.1) is 11.8 Å². The number of nitrogens with two attached hydrogens (primary N) is 1. The SMILES string of the molecule is COCC(CC(=O)OC)c1ccc(N(CC(C)C)CC(C)C)c(N)c1. The highest BCUT2D eigenvalue weighted by molar-refractivity contribution is 5.72. The van der Waals surface area contributed by atoms with E-state index in [1.54, 1.807) is 7.11 Å². The van der Waals surface area contributed by atoms with Gasteiger partial charge in [-0.25, -0.2) is 0 Å². The number of carbonyl (C=O) groups excluding carboxylic acids is 1. The van der Waals surface area contributed by atoms with E-state index < -0.39 is 0 Å². The van der Waals surface area contributed by atoms with Crippen LogP contribution in [0.1, 0.15) is 45.6 Å². The van der Waals surface area contributed by atoms with Gasteiger partial charge >= 0.3 is 5.97 Å². The number of hydrogen-bond donors (Lipinski definition) is 1. The van der Waals surface area contributed by atoms with Crippen molar-refractivity contribution >= 4 is 17.3 Å². The first kappa shape index (κ1) is 21.3. The molecular formula is C20H34N2O3. The lowest BCUT2D eigenvalue weighted by Crippen LogP contribution is -2.32. The minimum Gasteiger partial charge on any atom is -0.469 e.